The molecular formula is C5H4BrF. The molecule has 7 heavy (non-hydrogen) atoms. The van der Waals surface area contributed by atoms with Gasteiger partial charge in [-0.2, -0.15) is 0 Å². The van der Waals surface area contributed by atoms with Crippen molar-refractivity contribution in [1.82, 2.24) is 0 Å². The van der Waals surface area contributed by atoms with Crippen molar-refractivity contribution in [3.05, 3.63) is 22.7 Å². The summed E-state index contributed by atoms with van der Waals surface area (Å²) in [5, 5.41) is 0. The van der Waals surface area contributed by atoms with Crippen LogP contribution in [0.15, 0.2) is 22.7 Å². The third-order valence-corrected chi connectivity index (χ3v) is 1.50. The average Bonchev–Trinajstić information content (AvgIpc) is 1.91. The molecule has 1 aliphatic carbocycles. The Labute approximate surface area is 49.8 Å². The molecule has 0 aromatic rings. The highest BCUT2D eigenvalue weighted by Gasteiger charge is 2.07. The standard InChI is InChI=1S/C5H4BrF/c6-4-2-1-3-5(4)7/h1-3,5H. The molecule has 1 aliphatic rings. The predicted molar refractivity (Wildman–Crippen MR) is 31.0 cm³/mol. The van der Waals surface area contributed by atoms with Gasteiger partial charge in [-0.15, -0.1) is 0 Å². The molecule has 0 saturated heterocycles. The second kappa shape index (κ2) is 1.78. The van der Waals surface area contributed by atoms with Crippen LogP contribution in [0.1, 0.15) is 0 Å². The van der Waals surface area contributed by atoms with Gasteiger partial charge in [0.05, 0.1) is 0 Å². The Bertz CT molecular complexity index is 126. The van der Waals surface area contributed by atoms with Gasteiger partial charge >= 0.3 is 0 Å². The summed E-state index contributed by atoms with van der Waals surface area (Å²) in [4.78, 5) is 0. The molecule has 1 atom stereocenters. The summed E-state index contributed by atoms with van der Waals surface area (Å²) in [6.45, 7) is 0. The first kappa shape index (κ1) is 5.04. The van der Waals surface area contributed by atoms with E-state index in [1.807, 2.05) is 0 Å². The second-order valence-electron chi connectivity index (χ2n) is 1.34. The largest absolute Gasteiger partial charge is 0.237 e. The summed E-state index contributed by atoms with van der Waals surface area (Å²) >= 11 is 3.03. The zero-order valence-electron chi connectivity index (χ0n) is 3.57. The summed E-state index contributed by atoms with van der Waals surface area (Å²) < 4.78 is 12.7. The monoisotopic (exact) mass is 162 g/mol. The SMILES string of the molecule is FC1C=CC=C1Br. The molecule has 0 nitrogen and oxygen atoms in total. The van der Waals surface area contributed by atoms with E-state index in [4.69, 9.17) is 0 Å². The fourth-order valence-electron chi connectivity index (χ4n) is 0.429. The molecule has 0 spiro atoms. The normalized spacial score (nSPS) is 28.3. The predicted octanol–water partition coefficient (Wildman–Crippen LogP) is 2.17. The highest BCUT2D eigenvalue weighted by atomic mass is 79.9. The maximum Gasteiger partial charge on any atom is 0.150 e. The minimum Gasteiger partial charge on any atom is -0.237 e. The van der Waals surface area contributed by atoms with Crippen molar-refractivity contribution in [2.24, 2.45) is 0 Å². The third kappa shape index (κ3) is 0.911. The maximum atomic E-state index is 12.1. The van der Waals surface area contributed by atoms with Crippen molar-refractivity contribution in [3.8, 4) is 0 Å². The van der Waals surface area contributed by atoms with Gasteiger partial charge in [0.2, 0.25) is 0 Å². The Kier molecular flexibility index (Phi) is 1.28. The smallest absolute Gasteiger partial charge is 0.150 e. The van der Waals surface area contributed by atoms with Crippen LogP contribution in [0.4, 0.5) is 4.39 Å². The van der Waals surface area contributed by atoms with Crippen LogP contribution in [0.5, 0.6) is 0 Å². The summed E-state index contributed by atoms with van der Waals surface area (Å²) in [5.74, 6) is 0. The van der Waals surface area contributed by atoms with E-state index in [2.05, 4.69) is 15.9 Å². The summed E-state index contributed by atoms with van der Waals surface area (Å²) in [7, 11) is 0. The van der Waals surface area contributed by atoms with Gasteiger partial charge in [0.15, 0.2) is 6.17 Å². The molecule has 1 rings (SSSR count). The maximum absolute atomic E-state index is 12.1. The van der Waals surface area contributed by atoms with Crippen LogP contribution in [0.25, 0.3) is 0 Å². The van der Waals surface area contributed by atoms with Crippen molar-refractivity contribution in [3.63, 3.8) is 0 Å². The molecule has 0 bridgehead atoms. The molecule has 0 aromatic heterocycles. The summed E-state index contributed by atoms with van der Waals surface area (Å²) in [6.07, 6.45) is 3.99. The Balaban J connectivity index is 2.69. The molecule has 0 amide bonds. The lowest BCUT2D eigenvalue weighted by Crippen LogP contribution is -1.86. The van der Waals surface area contributed by atoms with Gasteiger partial charge in [-0.25, -0.2) is 4.39 Å². The zero-order chi connectivity index (χ0) is 5.28. The lowest BCUT2D eigenvalue weighted by Gasteiger charge is -1.89. The Hall–Kier alpha value is -0.110. The van der Waals surface area contributed by atoms with Crippen molar-refractivity contribution in [1.29, 1.82) is 0 Å². The lowest BCUT2D eigenvalue weighted by atomic mass is 10.4. The molecule has 0 saturated carbocycles. The highest BCUT2D eigenvalue weighted by Crippen LogP contribution is 2.20. The van der Waals surface area contributed by atoms with Gasteiger partial charge in [-0.05, 0) is 12.2 Å². The minimum absolute atomic E-state index is 0.618. The number of halogens is 2. The number of hydrogen-bond donors (Lipinski definition) is 0. The van der Waals surface area contributed by atoms with Crippen LogP contribution in [0.3, 0.4) is 0 Å². The second-order valence-corrected chi connectivity index (χ2v) is 2.25. The molecular weight excluding hydrogens is 159 g/mol. The number of allylic oxidation sites excluding steroid dienone is 4. The molecule has 0 fully saturated rings. The van der Waals surface area contributed by atoms with Crippen LogP contribution >= 0.6 is 15.9 Å². The first-order valence-electron chi connectivity index (χ1n) is 1.98. The zero-order valence-corrected chi connectivity index (χ0v) is 5.15. The fourth-order valence-corrected chi connectivity index (χ4v) is 0.734. The minimum atomic E-state index is -0.889. The number of alkyl halides is 1. The van der Waals surface area contributed by atoms with Gasteiger partial charge in [0.25, 0.3) is 0 Å². The average molecular weight is 163 g/mol. The third-order valence-electron chi connectivity index (χ3n) is 0.799. The molecule has 1 unspecified atom stereocenters. The van der Waals surface area contributed by atoms with E-state index < -0.39 is 6.17 Å². The first-order valence-corrected chi connectivity index (χ1v) is 2.78. The molecule has 0 N–H and O–H groups in total. The van der Waals surface area contributed by atoms with E-state index in [9.17, 15) is 4.39 Å². The van der Waals surface area contributed by atoms with Crippen LogP contribution in [0.2, 0.25) is 0 Å². The van der Waals surface area contributed by atoms with E-state index in [1.54, 1.807) is 12.2 Å². The Morgan fingerprint density at radius 1 is 1.71 bits per heavy atom. The summed E-state index contributed by atoms with van der Waals surface area (Å²) in [6, 6.07) is 0. The van der Waals surface area contributed by atoms with Crippen LogP contribution in [0, 0.1) is 0 Å². The Morgan fingerprint density at radius 3 is 2.57 bits per heavy atom. The van der Waals surface area contributed by atoms with Gasteiger partial charge < -0.3 is 0 Å². The summed E-state index contributed by atoms with van der Waals surface area (Å²) in [5.41, 5.74) is 0. The first-order chi connectivity index (χ1) is 3.30. The molecule has 0 aromatic carbocycles. The van der Waals surface area contributed by atoms with E-state index in [0.29, 0.717) is 4.48 Å². The van der Waals surface area contributed by atoms with Gasteiger partial charge in [-0.3, -0.25) is 0 Å². The number of rotatable bonds is 0. The van der Waals surface area contributed by atoms with Gasteiger partial charge in [0.1, 0.15) is 0 Å². The van der Waals surface area contributed by atoms with E-state index in [-0.39, 0.29) is 0 Å². The quantitative estimate of drug-likeness (QED) is 0.513. The van der Waals surface area contributed by atoms with Crippen molar-refractivity contribution < 1.29 is 4.39 Å². The van der Waals surface area contributed by atoms with Crippen molar-refractivity contribution >= 4 is 15.9 Å². The highest BCUT2D eigenvalue weighted by molar-refractivity contribution is 9.11. The van der Waals surface area contributed by atoms with E-state index >= 15 is 0 Å². The van der Waals surface area contributed by atoms with E-state index in [0.717, 1.165) is 0 Å². The van der Waals surface area contributed by atoms with Gasteiger partial charge in [0, 0.05) is 4.48 Å². The Morgan fingerprint density at radius 2 is 2.43 bits per heavy atom. The van der Waals surface area contributed by atoms with Crippen LogP contribution in [-0.2, 0) is 0 Å². The van der Waals surface area contributed by atoms with Crippen LogP contribution < -0.4 is 0 Å². The molecule has 0 heterocycles. The number of hydrogen-bond acceptors (Lipinski definition) is 0. The van der Waals surface area contributed by atoms with Gasteiger partial charge in [-0.1, -0.05) is 22.0 Å². The lowest BCUT2D eigenvalue weighted by molar-refractivity contribution is 0.469. The van der Waals surface area contributed by atoms with E-state index in [1.165, 1.54) is 6.08 Å². The fraction of sp³-hybridized carbons (Fsp3) is 0.200. The molecule has 2 heteroatoms. The van der Waals surface area contributed by atoms with Crippen molar-refractivity contribution in [2.75, 3.05) is 0 Å². The molecule has 38 valence electrons. The molecule has 0 aliphatic heterocycles. The van der Waals surface area contributed by atoms with Crippen LogP contribution in [-0.4, -0.2) is 6.17 Å². The molecule has 0 radical (unpaired) electrons. The van der Waals surface area contributed by atoms with Crippen molar-refractivity contribution in [2.45, 2.75) is 6.17 Å². The topological polar surface area (TPSA) is 0 Å².